The first kappa shape index (κ1) is 14.9. The molecule has 0 saturated carbocycles. The number of rotatable bonds is 2. The van der Waals surface area contributed by atoms with E-state index in [0.29, 0.717) is 6.54 Å². The molecule has 7 heteroatoms. The molecule has 1 aliphatic heterocycles. The number of benzene rings is 1. The highest BCUT2D eigenvalue weighted by molar-refractivity contribution is 7.94. The Hall–Kier alpha value is -2.04. The van der Waals surface area contributed by atoms with Crippen LogP contribution in [-0.2, 0) is 16.4 Å². The number of nitrogens with two attached hydrogens (primary N) is 1. The number of para-hydroxylation sites is 1. The quantitative estimate of drug-likeness (QED) is 0.856. The summed E-state index contributed by atoms with van der Waals surface area (Å²) in [4.78, 5) is 3.26. The van der Waals surface area contributed by atoms with Crippen LogP contribution in [0.4, 0.5) is 16.4 Å². The van der Waals surface area contributed by atoms with Crippen molar-refractivity contribution >= 4 is 37.7 Å². The van der Waals surface area contributed by atoms with Gasteiger partial charge in [0.2, 0.25) is 5.69 Å². The molecule has 2 N–H and O–H groups in total. The average molecular weight is 333 g/mol. The fourth-order valence-corrected chi connectivity index (χ4v) is 5.44. The van der Waals surface area contributed by atoms with Gasteiger partial charge in [-0.25, -0.2) is 13.3 Å². The lowest BCUT2D eigenvalue weighted by Gasteiger charge is -2.23. The van der Waals surface area contributed by atoms with Gasteiger partial charge in [-0.15, -0.1) is 11.3 Å². The van der Waals surface area contributed by atoms with Gasteiger partial charge in [0.15, 0.2) is 0 Å². The molecule has 0 spiro atoms. The monoisotopic (exact) mass is 333 g/mol. The van der Waals surface area contributed by atoms with Gasteiger partial charge in [0.1, 0.15) is 4.21 Å². The third-order valence-electron chi connectivity index (χ3n) is 3.70. The van der Waals surface area contributed by atoms with Gasteiger partial charge in [0.05, 0.1) is 17.3 Å². The topological polar surface area (TPSA) is 67.8 Å². The number of nitrogen functional groups attached to an aromatic ring is 1. The molecule has 2 aromatic rings. The van der Waals surface area contributed by atoms with E-state index in [0.717, 1.165) is 41.9 Å². The molecule has 0 fully saturated rings. The lowest BCUT2D eigenvalue weighted by molar-refractivity contribution is 0.591. The van der Waals surface area contributed by atoms with Crippen LogP contribution in [0.25, 0.3) is 4.85 Å². The van der Waals surface area contributed by atoms with Crippen molar-refractivity contribution in [2.24, 2.45) is 0 Å². The Bertz CT molecular complexity index is 850. The van der Waals surface area contributed by atoms with E-state index in [-0.39, 0.29) is 14.9 Å². The Kier molecular flexibility index (Phi) is 3.81. The Morgan fingerprint density at radius 2 is 2.05 bits per heavy atom. The molecule has 1 aromatic heterocycles. The molecule has 0 unspecified atom stereocenters. The van der Waals surface area contributed by atoms with E-state index >= 15 is 0 Å². The molecule has 1 aliphatic rings. The Labute approximate surface area is 133 Å². The first-order valence-electron chi connectivity index (χ1n) is 6.91. The van der Waals surface area contributed by atoms with Gasteiger partial charge in [0, 0.05) is 6.54 Å². The number of aryl methyl sites for hydroxylation is 1. The van der Waals surface area contributed by atoms with Crippen LogP contribution in [0.5, 0.6) is 0 Å². The summed E-state index contributed by atoms with van der Waals surface area (Å²) in [5.41, 5.74) is 7.70. The van der Waals surface area contributed by atoms with Crippen molar-refractivity contribution in [3.8, 4) is 0 Å². The van der Waals surface area contributed by atoms with Crippen LogP contribution in [0.3, 0.4) is 0 Å². The second-order valence-corrected chi connectivity index (χ2v) is 8.26. The molecule has 0 atom stereocenters. The maximum atomic E-state index is 13.0. The predicted molar refractivity (Wildman–Crippen MR) is 88.9 cm³/mol. The van der Waals surface area contributed by atoms with Crippen LogP contribution in [0.15, 0.2) is 34.5 Å². The first-order chi connectivity index (χ1) is 10.5. The highest BCUT2D eigenvalue weighted by atomic mass is 32.2. The van der Waals surface area contributed by atoms with Crippen LogP contribution in [0.1, 0.15) is 18.4 Å². The van der Waals surface area contributed by atoms with Gasteiger partial charge in [-0.2, -0.15) is 0 Å². The maximum absolute atomic E-state index is 13.0. The van der Waals surface area contributed by atoms with Gasteiger partial charge in [-0.1, -0.05) is 18.2 Å². The highest BCUT2D eigenvalue weighted by Crippen LogP contribution is 2.39. The van der Waals surface area contributed by atoms with Crippen molar-refractivity contribution in [2.75, 3.05) is 16.6 Å². The molecule has 114 valence electrons. The molecular formula is C15H15N3O2S2. The molecule has 22 heavy (non-hydrogen) atoms. The molecule has 3 rings (SSSR count). The summed E-state index contributed by atoms with van der Waals surface area (Å²) in [5, 5.41) is 0.247. The van der Waals surface area contributed by atoms with Gasteiger partial charge in [-0.3, -0.25) is 4.31 Å². The van der Waals surface area contributed by atoms with Gasteiger partial charge in [0.25, 0.3) is 10.0 Å². The van der Waals surface area contributed by atoms with Gasteiger partial charge >= 0.3 is 0 Å². The van der Waals surface area contributed by atoms with Crippen molar-refractivity contribution in [1.29, 1.82) is 0 Å². The maximum Gasteiger partial charge on any atom is 0.272 e. The normalized spacial score (nSPS) is 15.0. The van der Waals surface area contributed by atoms with Crippen LogP contribution in [-0.4, -0.2) is 15.0 Å². The average Bonchev–Trinajstić information content (AvgIpc) is 2.76. The molecule has 1 aromatic carbocycles. The number of hydrogen-bond donors (Lipinski definition) is 1. The summed E-state index contributed by atoms with van der Waals surface area (Å²) in [6, 6.07) is 8.95. The van der Waals surface area contributed by atoms with Crippen molar-refractivity contribution in [3.63, 3.8) is 0 Å². The van der Waals surface area contributed by atoms with E-state index in [2.05, 4.69) is 4.85 Å². The van der Waals surface area contributed by atoms with Gasteiger partial charge in [-0.05, 0) is 37.0 Å². The minimum Gasteiger partial charge on any atom is -0.399 e. The van der Waals surface area contributed by atoms with Gasteiger partial charge < -0.3 is 5.73 Å². The zero-order chi connectivity index (χ0) is 15.7. The molecule has 0 saturated heterocycles. The summed E-state index contributed by atoms with van der Waals surface area (Å²) in [7, 11) is -3.68. The molecular weight excluding hydrogens is 318 g/mol. The second-order valence-electron chi connectivity index (χ2n) is 5.09. The summed E-state index contributed by atoms with van der Waals surface area (Å²) < 4.78 is 27.5. The highest BCUT2D eigenvalue weighted by Gasteiger charge is 2.29. The second kappa shape index (κ2) is 5.63. The van der Waals surface area contributed by atoms with E-state index in [1.54, 1.807) is 0 Å². The summed E-state index contributed by atoms with van der Waals surface area (Å²) in [6.45, 7) is 7.49. The zero-order valence-electron chi connectivity index (χ0n) is 11.8. The SMILES string of the molecule is [C-]#[N+]c1cc(S(=O)(=O)N2CCCCc3ccccc32)sc1N. The fourth-order valence-electron chi connectivity index (χ4n) is 2.60. The standard InChI is InChI=1S/C15H15N3O2S2/c1-17-12-10-14(21-15(12)16)22(19,20)18-9-5-4-7-11-6-2-3-8-13(11)18/h2-3,6,8,10H,4-5,7,9,16H2. The molecule has 2 heterocycles. The van der Waals surface area contributed by atoms with Crippen molar-refractivity contribution in [1.82, 2.24) is 0 Å². The number of anilines is 2. The van der Waals surface area contributed by atoms with Crippen LogP contribution in [0, 0.1) is 6.57 Å². The zero-order valence-corrected chi connectivity index (χ0v) is 13.5. The third-order valence-corrected chi connectivity index (χ3v) is 6.92. The first-order valence-corrected chi connectivity index (χ1v) is 9.17. The van der Waals surface area contributed by atoms with E-state index in [1.807, 2.05) is 24.3 Å². The molecule has 5 nitrogen and oxygen atoms in total. The Balaban J connectivity index is 2.11. The van der Waals surface area contributed by atoms with E-state index in [4.69, 9.17) is 12.3 Å². The molecule has 0 aliphatic carbocycles. The Morgan fingerprint density at radius 1 is 1.27 bits per heavy atom. The number of hydrogen-bond acceptors (Lipinski definition) is 4. The Morgan fingerprint density at radius 3 is 2.77 bits per heavy atom. The van der Waals surface area contributed by atoms with E-state index in [9.17, 15) is 8.42 Å². The number of fused-ring (bicyclic) bond motifs is 1. The summed E-state index contributed by atoms with van der Waals surface area (Å²) in [6.07, 6.45) is 2.65. The molecule has 0 radical (unpaired) electrons. The minimum absolute atomic E-state index is 0.132. The third kappa shape index (κ3) is 2.45. The van der Waals surface area contributed by atoms with Crippen molar-refractivity contribution in [2.45, 2.75) is 23.5 Å². The predicted octanol–water partition coefficient (Wildman–Crippen LogP) is 3.41. The number of nitrogens with zero attached hydrogens (tertiary/aromatic N) is 2. The fraction of sp³-hybridized carbons (Fsp3) is 0.267. The number of sulfonamides is 1. The van der Waals surface area contributed by atoms with Crippen molar-refractivity contribution < 1.29 is 8.42 Å². The summed E-state index contributed by atoms with van der Waals surface area (Å²) in [5.74, 6) is 0. The lowest BCUT2D eigenvalue weighted by Crippen LogP contribution is -2.31. The molecule has 0 bridgehead atoms. The summed E-state index contributed by atoms with van der Waals surface area (Å²) >= 11 is 0.955. The largest absolute Gasteiger partial charge is 0.399 e. The minimum atomic E-state index is -3.68. The van der Waals surface area contributed by atoms with Crippen LogP contribution < -0.4 is 10.0 Å². The van der Waals surface area contributed by atoms with E-state index in [1.165, 1.54) is 10.4 Å². The van der Waals surface area contributed by atoms with Crippen LogP contribution >= 0.6 is 11.3 Å². The van der Waals surface area contributed by atoms with Crippen LogP contribution in [0.2, 0.25) is 0 Å². The smallest absolute Gasteiger partial charge is 0.272 e. The van der Waals surface area contributed by atoms with E-state index < -0.39 is 10.0 Å². The van der Waals surface area contributed by atoms with Crippen molar-refractivity contribution in [3.05, 3.63) is 47.3 Å². The molecule has 0 amide bonds. The lowest BCUT2D eigenvalue weighted by atomic mass is 10.1. The number of thiophene rings is 1.